The topological polar surface area (TPSA) is 67.5 Å². The van der Waals surface area contributed by atoms with E-state index in [1.54, 1.807) is 0 Å². The van der Waals surface area contributed by atoms with E-state index in [1.807, 2.05) is 16.7 Å². The Labute approximate surface area is 158 Å². The maximum absolute atomic E-state index is 12.8. The fourth-order valence-corrected chi connectivity index (χ4v) is 6.31. The molecule has 6 nitrogen and oxygen atoms in total. The molecule has 3 aliphatic heterocycles. The van der Waals surface area contributed by atoms with Gasteiger partial charge < -0.3 is 14.4 Å². The summed E-state index contributed by atoms with van der Waals surface area (Å²) in [5, 5.41) is 7.35. The zero-order valence-electron chi connectivity index (χ0n) is 15.2. The van der Waals surface area contributed by atoms with Crippen LogP contribution in [0.1, 0.15) is 47.4 Å². The van der Waals surface area contributed by atoms with Crippen molar-refractivity contribution >= 4 is 17.7 Å². The molecular weight excluding hydrogens is 350 g/mol. The summed E-state index contributed by atoms with van der Waals surface area (Å²) in [6.07, 6.45) is 6.82. The standard InChI is InChI=1S/C19H27N3O3S/c23-18(17-15-2-1-3-16(15)20-21-17)22-11-19(12-22)8-14(10-26-19)25-9-13-4-6-24-7-5-13/h13-14H,1-12H2,(H,20,21)/t14-/m0/s1. The van der Waals surface area contributed by atoms with Crippen LogP contribution in [0.15, 0.2) is 0 Å². The van der Waals surface area contributed by atoms with Gasteiger partial charge in [-0.05, 0) is 44.4 Å². The molecule has 3 saturated heterocycles. The highest BCUT2D eigenvalue weighted by atomic mass is 32.2. The number of nitrogens with zero attached hydrogens (tertiary/aromatic N) is 2. The van der Waals surface area contributed by atoms with Gasteiger partial charge in [-0.2, -0.15) is 5.10 Å². The maximum atomic E-state index is 12.8. The first-order valence-electron chi connectivity index (χ1n) is 9.91. The van der Waals surface area contributed by atoms with Crippen LogP contribution in [0.5, 0.6) is 0 Å². The number of carbonyl (C=O) groups is 1. The van der Waals surface area contributed by atoms with Gasteiger partial charge in [-0.25, -0.2) is 0 Å². The molecule has 1 amide bonds. The Hall–Kier alpha value is -1.05. The molecule has 1 aromatic rings. The predicted molar refractivity (Wildman–Crippen MR) is 99.6 cm³/mol. The van der Waals surface area contributed by atoms with Crippen molar-refractivity contribution in [3.8, 4) is 0 Å². The maximum Gasteiger partial charge on any atom is 0.274 e. The monoisotopic (exact) mass is 377 g/mol. The third-order valence-corrected chi connectivity index (χ3v) is 7.91. The van der Waals surface area contributed by atoms with Gasteiger partial charge >= 0.3 is 0 Å². The minimum atomic E-state index is 0.113. The fourth-order valence-electron chi connectivity index (χ4n) is 4.75. The summed E-state index contributed by atoms with van der Waals surface area (Å²) in [5.74, 6) is 1.83. The van der Waals surface area contributed by atoms with E-state index in [0.29, 0.717) is 17.7 Å². The quantitative estimate of drug-likeness (QED) is 0.870. The molecule has 4 heterocycles. The van der Waals surface area contributed by atoms with Crippen LogP contribution in [0, 0.1) is 5.92 Å². The molecule has 1 N–H and O–H groups in total. The van der Waals surface area contributed by atoms with Gasteiger partial charge in [0.1, 0.15) is 0 Å². The molecule has 4 aliphatic rings. The van der Waals surface area contributed by atoms with Gasteiger partial charge in [0, 0.05) is 49.9 Å². The lowest BCUT2D eigenvalue weighted by Gasteiger charge is -2.47. The smallest absolute Gasteiger partial charge is 0.274 e. The number of hydrogen-bond acceptors (Lipinski definition) is 5. The Bertz CT molecular complexity index is 680. The fraction of sp³-hybridized carbons (Fsp3) is 0.789. The molecule has 7 heteroatoms. The lowest BCUT2D eigenvalue weighted by atomic mass is 9.92. The molecule has 1 aliphatic carbocycles. The summed E-state index contributed by atoms with van der Waals surface area (Å²) in [5.41, 5.74) is 3.00. The number of H-pyrrole nitrogens is 1. The summed E-state index contributed by atoms with van der Waals surface area (Å²) >= 11 is 2.00. The predicted octanol–water partition coefficient (Wildman–Crippen LogP) is 2.04. The van der Waals surface area contributed by atoms with Crippen LogP contribution >= 0.6 is 11.8 Å². The zero-order chi connectivity index (χ0) is 17.6. The van der Waals surface area contributed by atoms with Crippen LogP contribution in [-0.4, -0.2) is 70.5 Å². The summed E-state index contributed by atoms with van der Waals surface area (Å²) in [4.78, 5) is 14.8. The molecule has 0 saturated carbocycles. The number of aromatic amines is 1. The Kier molecular flexibility index (Phi) is 4.49. The Morgan fingerprint density at radius 2 is 2.19 bits per heavy atom. The average molecular weight is 378 g/mol. The van der Waals surface area contributed by atoms with Crippen LogP contribution in [0.3, 0.4) is 0 Å². The molecule has 1 atom stereocenters. The number of aryl methyl sites for hydroxylation is 1. The lowest BCUT2D eigenvalue weighted by molar-refractivity contribution is -0.0119. The van der Waals surface area contributed by atoms with Crippen LogP contribution in [0.25, 0.3) is 0 Å². The second kappa shape index (κ2) is 6.84. The van der Waals surface area contributed by atoms with Crippen molar-refractivity contribution in [3.63, 3.8) is 0 Å². The van der Waals surface area contributed by atoms with E-state index < -0.39 is 0 Å². The van der Waals surface area contributed by atoms with Crippen LogP contribution in [-0.2, 0) is 22.3 Å². The molecule has 0 radical (unpaired) electrons. The summed E-state index contributed by atoms with van der Waals surface area (Å²) in [6, 6.07) is 0. The third kappa shape index (κ3) is 3.08. The van der Waals surface area contributed by atoms with Gasteiger partial charge in [0.25, 0.3) is 5.91 Å². The molecule has 0 bridgehead atoms. The van der Waals surface area contributed by atoms with Crippen molar-refractivity contribution in [2.75, 3.05) is 38.7 Å². The third-order valence-electron chi connectivity index (χ3n) is 6.34. The first-order valence-corrected chi connectivity index (χ1v) is 10.9. The Morgan fingerprint density at radius 1 is 1.35 bits per heavy atom. The number of hydrogen-bond donors (Lipinski definition) is 1. The minimum Gasteiger partial charge on any atom is -0.381 e. The van der Waals surface area contributed by atoms with E-state index in [9.17, 15) is 4.79 Å². The first-order chi connectivity index (χ1) is 12.7. The van der Waals surface area contributed by atoms with Gasteiger partial charge in [-0.15, -0.1) is 11.8 Å². The van der Waals surface area contributed by atoms with Crippen molar-refractivity contribution in [1.82, 2.24) is 15.1 Å². The van der Waals surface area contributed by atoms with E-state index in [1.165, 1.54) is 5.69 Å². The molecule has 142 valence electrons. The first kappa shape index (κ1) is 17.1. The van der Waals surface area contributed by atoms with E-state index in [0.717, 1.165) is 82.8 Å². The molecule has 3 fully saturated rings. The average Bonchev–Trinajstić information content (AvgIpc) is 3.34. The highest BCUT2D eigenvalue weighted by molar-refractivity contribution is 8.01. The molecule has 1 aromatic heterocycles. The van der Waals surface area contributed by atoms with E-state index in [4.69, 9.17) is 9.47 Å². The SMILES string of the molecule is O=C(c1n[nH]c2c1CCC2)N1CC2(C[C@H](OCC3CCOCC3)CS2)C1. The van der Waals surface area contributed by atoms with Crippen LogP contribution in [0.4, 0.5) is 0 Å². The highest BCUT2D eigenvalue weighted by Crippen LogP contribution is 2.46. The number of rotatable bonds is 4. The Morgan fingerprint density at radius 3 is 3.04 bits per heavy atom. The van der Waals surface area contributed by atoms with Crippen molar-refractivity contribution in [1.29, 1.82) is 0 Å². The van der Waals surface area contributed by atoms with E-state index >= 15 is 0 Å². The number of carbonyl (C=O) groups excluding carboxylic acids is 1. The molecule has 26 heavy (non-hydrogen) atoms. The van der Waals surface area contributed by atoms with Gasteiger partial charge in [0.05, 0.1) is 10.9 Å². The number of amides is 1. The number of aromatic nitrogens is 2. The highest BCUT2D eigenvalue weighted by Gasteiger charge is 2.51. The summed E-state index contributed by atoms with van der Waals surface area (Å²) in [7, 11) is 0. The van der Waals surface area contributed by atoms with E-state index in [-0.39, 0.29) is 10.7 Å². The van der Waals surface area contributed by atoms with Gasteiger partial charge in [0.2, 0.25) is 0 Å². The van der Waals surface area contributed by atoms with Crippen molar-refractivity contribution < 1.29 is 14.3 Å². The normalized spacial score (nSPS) is 27.7. The minimum absolute atomic E-state index is 0.113. The van der Waals surface area contributed by atoms with Crippen LogP contribution < -0.4 is 0 Å². The lowest BCUT2D eigenvalue weighted by Crippen LogP contribution is -2.61. The van der Waals surface area contributed by atoms with Crippen molar-refractivity contribution in [2.45, 2.75) is 49.4 Å². The van der Waals surface area contributed by atoms with Crippen molar-refractivity contribution in [3.05, 3.63) is 17.0 Å². The summed E-state index contributed by atoms with van der Waals surface area (Å²) < 4.78 is 11.8. The zero-order valence-corrected chi connectivity index (χ0v) is 16.0. The number of thioether (sulfide) groups is 1. The molecule has 5 rings (SSSR count). The van der Waals surface area contributed by atoms with Gasteiger partial charge in [-0.3, -0.25) is 9.89 Å². The van der Waals surface area contributed by atoms with Crippen molar-refractivity contribution in [2.24, 2.45) is 5.92 Å². The Balaban J connectivity index is 1.12. The molecule has 1 spiro atoms. The second-order valence-corrected chi connectivity index (χ2v) is 9.74. The van der Waals surface area contributed by atoms with E-state index in [2.05, 4.69) is 10.2 Å². The second-order valence-electron chi connectivity index (χ2n) is 8.25. The van der Waals surface area contributed by atoms with Crippen LogP contribution in [0.2, 0.25) is 0 Å². The number of likely N-dealkylation sites (tertiary alicyclic amines) is 1. The molecular formula is C19H27N3O3S. The number of ether oxygens (including phenoxy) is 2. The number of nitrogens with one attached hydrogen (secondary N) is 1. The number of fused-ring (bicyclic) bond motifs is 1. The van der Waals surface area contributed by atoms with Gasteiger partial charge in [0.15, 0.2) is 5.69 Å². The summed E-state index contributed by atoms with van der Waals surface area (Å²) in [6.45, 7) is 4.31. The molecule has 0 aromatic carbocycles. The molecule has 0 unspecified atom stereocenters. The largest absolute Gasteiger partial charge is 0.381 e. The van der Waals surface area contributed by atoms with Gasteiger partial charge in [-0.1, -0.05) is 0 Å².